The topological polar surface area (TPSA) is 61.8 Å². The van der Waals surface area contributed by atoms with Crippen LogP contribution in [-0.4, -0.2) is 48.7 Å². The minimum atomic E-state index is -0.543. The molecule has 2 N–H and O–H groups in total. The van der Waals surface area contributed by atoms with E-state index in [1.54, 1.807) is 19.1 Å². The number of aliphatic hydroxyl groups excluding tert-OH is 1. The first-order valence-corrected chi connectivity index (χ1v) is 8.79. The fourth-order valence-electron chi connectivity index (χ4n) is 3.30. The predicted molar refractivity (Wildman–Crippen MR) is 94.9 cm³/mol. The van der Waals surface area contributed by atoms with Crippen molar-refractivity contribution in [3.63, 3.8) is 0 Å². The van der Waals surface area contributed by atoms with Gasteiger partial charge in [0.05, 0.1) is 6.61 Å². The largest absolute Gasteiger partial charge is 0.481 e. The molecule has 0 aromatic heterocycles. The van der Waals surface area contributed by atoms with Crippen molar-refractivity contribution in [2.75, 3.05) is 20.6 Å². The van der Waals surface area contributed by atoms with Crippen LogP contribution in [0.25, 0.3) is 0 Å². The van der Waals surface area contributed by atoms with Gasteiger partial charge in [-0.1, -0.05) is 12.1 Å². The van der Waals surface area contributed by atoms with Crippen LogP contribution in [0.5, 0.6) is 5.75 Å². The maximum absolute atomic E-state index is 12.3. The number of hydrogen-bond acceptors (Lipinski definition) is 4. The molecule has 1 aromatic rings. The third-order valence-corrected chi connectivity index (χ3v) is 4.58. The summed E-state index contributed by atoms with van der Waals surface area (Å²) in [4.78, 5) is 14.6. The van der Waals surface area contributed by atoms with Crippen LogP contribution in [0.3, 0.4) is 0 Å². The van der Waals surface area contributed by atoms with Crippen LogP contribution in [0.4, 0.5) is 0 Å². The van der Waals surface area contributed by atoms with Gasteiger partial charge in [0, 0.05) is 12.6 Å². The summed E-state index contributed by atoms with van der Waals surface area (Å²) in [5.74, 6) is 1.28. The Hall–Kier alpha value is -1.59. The number of ether oxygens (including phenoxy) is 1. The Kier molecular flexibility index (Phi) is 7.06. The van der Waals surface area contributed by atoms with Gasteiger partial charge in [0.15, 0.2) is 6.10 Å². The third-order valence-electron chi connectivity index (χ3n) is 4.58. The Morgan fingerprint density at radius 2 is 2.04 bits per heavy atom. The van der Waals surface area contributed by atoms with Gasteiger partial charge < -0.3 is 20.1 Å². The molecule has 1 unspecified atom stereocenters. The van der Waals surface area contributed by atoms with Gasteiger partial charge in [0.1, 0.15) is 5.75 Å². The summed E-state index contributed by atoms with van der Waals surface area (Å²) in [6.07, 6.45) is 3.86. The van der Waals surface area contributed by atoms with Gasteiger partial charge in [-0.15, -0.1) is 0 Å². The monoisotopic (exact) mass is 334 g/mol. The molecule has 1 aliphatic carbocycles. The van der Waals surface area contributed by atoms with Crippen molar-refractivity contribution in [2.24, 2.45) is 5.92 Å². The molecule has 5 heteroatoms. The normalized spacial score (nSPS) is 22.2. The highest BCUT2D eigenvalue weighted by Gasteiger charge is 2.25. The minimum Gasteiger partial charge on any atom is -0.481 e. The number of carbonyl (C=O) groups is 1. The van der Waals surface area contributed by atoms with E-state index in [-0.39, 0.29) is 18.6 Å². The SMILES string of the molecule is CC(Oc1cccc(CO)c1)C(=O)NC1CCC(CN(C)C)CC1. The molecule has 1 aliphatic rings. The van der Waals surface area contributed by atoms with Gasteiger partial charge in [-0.05, 0) is 70.3 Å². The van der Waals surface area contributed by atoms with Crippen molar-refractivity contribution in [3.8, 4) is 5.75 Å². The van der Waals surface area contributed by atoms with E-state index in [0.29, 0.717) is 5.75 Å². The average molecular weight is 334 g/mol. The van der Waals surface area contributed by atoms with E-state index in [9.17, 15) is 4.79 Å². The molecule has 1 atom stereocenters. The van der Waals surface area contributed by atoms with Gasteiger partial charge in [-0.25, -0.2) is 0 Å². The van der Waals surface area contributed by atoms with Crippen molar-refractivity contribution in [3.05, 3.63) is 29.8 Å². The fraction of sp³-hybridized carbons (Fsp3) is 0.632. The number of benzene rings is 1. The first kappa shape index (κ1) is 18.7. The van der Waals surface area contributed by atoms with E-state index < -0.39 is 6.10 Å². The van der Waals surface area contributed by atoms with E-state index in [0.717, 1.165) is 43.7 Å². The van der Waals surface area contributed by atoms with Crippen molar-refractivity contribution in [2.45, 2.75) is 51.4 Å². The molecule has 24 heavy (non-hydrogen) atoms. The minimum absolute atomic E-state index is 0.0338. The molecule has 1 fully saturated rings. The van der Waals surface area contributed by atoms with Crippen LogP contribution in [0.2, 0.25) is 0 Å². The fourth-order valence-corrected chi connectivity index (χ4v) is 3.30. The van der Waals surface area contributed by atoms with E-state index in [2.05, 4.69) is 24.3 Å². The lowest BCUT2D eigenvalue weighted by molar-refractivity contribution is -0.128. The van der Waals surface area contributed by atoms with Gasteiger partial charge in [-0.2, -0.15) is 0 Å². The smallest absolute Gasteiger partial charge is 0.260 e. The lowest BCUT2D eigenvalue weighted by Crippen LogP contribution is -2.44. The zero-order valence-electron chi connectivity index (χ0n) is 15.0. The molecule has 2 rings (SSSR count). The Labute approximate surface area is 145 Å². The molecule has 1 aromatic carbocycles. The van der Waals surface area contributed by atoms with Gasteiger partial charge >= 0.3 is 0 Å². The summed E-state index contributed by atoms with van der Waals surface area (Å²) < 4.78 is 5.70. The standard InChI is InChI=1S/C19H30N2O3/c1-14(24-18-6-4-5-16(11-18)13-22)19(23)20-17-9-7-15(8-10-17)12-21(2)3/h4-6,11,14-15,17,22H,7-10,12-13H2,1-3H3,(H,20,23). The van der Waals surface area contributed by atoms with Crippen LogP contribution in [0, 0.1) is 5.92 Å². The lowest BCUT2D eigenvalue weighted by atomic mass is 9.85. The molecule has 5 nitrogen and oxygen atoms in total. The van der Waals surface area contributed by atoms with E-state index in [1.165, 1.54) is 0 Å². The zero-order valence-corrected chi connectivity index (χ0v) is 15.0. The summed E-state index contributed by atoms with van der Waals surface area (Å²) in [5.41, 5.74) is 0.777. The molecule has 0 radical (unpaired) electrons. The summed E-state index contributed by atoms with van der Waals surface area (Å²) in [6.45, 7) is 2.86. The molecule has 0 spiro atoms. The second kappa shape index (κ2) is 9.04. The average Bonchev–Trinajstić information content (AvgIpc) is 2.56. The summed E-state index contributed by atoms with van der Waals surface area (Å²) in [6, 6.07) is 7.46. The maximum Gasteiger partial charge on any atom is 0.260 e. The Morgan fingerprint density at radius 3 is 2.67 bits per heavy atom. The van der Waals surface area contributed by atoms with Crippen molar-refractivity contribution in [1.29, 1.82) is 0 Å². The van der Waals surface area contributed by atoms with Gasteiger partial charge in [-0.3, -0.25) is 4.79 Å². The summed E-state index contributed by atoms with van der Waals surface area (Å²) in [7, 11) is 4.22. The van der Waals surface area contributed by atoms with Crippen LogP contribution < -0.4 is 10.1 Å². The first-order valence-electron chi connectivity index (χ1n) is 8.79. The number of amides is 1. The number of nitrogens with one attached hydrogen (secondary N) is 1. The highest BCUT2D eigenvalue weighted by atomic mass is 16.5. The molecule has 0 aliphatic heterocycles. The number of nitrogens with zero attached hydrogens (tertiary/aromatic N) is 1. The highest BCUT2D eigenvalue weighted by molar-refractivity contribution is 5.81. The van der Waals surface area contributed by atoms with E-state index in [4.69, 9.17) is 9.84 Å². The van der Waals surface area contributed by atoms with Gasteiger partial charge in [0.2, 0.25) is 0 Å². The third kappa shape index (κ3) is 5.80. The number of hydrogen-bond donors (Lipinski definition) is 2. The molecule has 0 bridgehead atoms. The van der Waals surface area contributed by atoms with Crippen LogP contribution in [0.1, 0.15) is 38.2 Å². The van der Waals surface area contributed by atoms with Crippen LogP contribution in [-0.2, 0) is 11.4 Å². The number of aliphatic hydroxyl groups is 1. The van der Waals surface area contributed by atoms with Gasteiger partial charge in [0.25, 0.3) is 5.91 Å². The molecular weight excluding hydrogens is 304 g/mol. The lowest BCUT2D eigenvalue weighted by Gasteiger charge is -2.31. The Bertz CT molecular complexity index is 525. The molecular formula is C19H30N2O3. The van der Waals surface area contributed by atoms with E-state index in [1.807, 2.05) is 12.1 Å². The predicted octanol–water partition coefficient (Wildman–Crippen LogP) is 2.18. The summed E-state index contributed by atoms with van der Waals surface area (Å²) >= 11 is 0. The second-order valence-corrected chi connectivity index (χ2v) is 7.05. The van der Waals surface area contributed by atoms with Crippen LogP contribution in [0.15, 0.2) is 24.3 Å². The second-order valence-electron chi connectivity index (χ2n) is 7.05. The van der Waals surface area contributed by atoms with E-state index >= 15 is 0 Å². The highest BCUT2D eigenvalue weighted by Crippen LogP contribution is 2.25. The quantitative estimate of drug-likeness (QED) is 0.802. The van der Waals surface area contributed by atoms with Crippen LogP contribution >= 0.6 is 0 Å². The molecule has 134 valence electrons. The molecule has 1 saturated carbocycles. The van der Waals surface area contributed by atoms with Crippen molar-refractivity contribution in [1.82, 2.24) is 10.2 Å². The maximum atomic E-state index is 12.3. The van der Waals surface area contributed by atoms with Crippen molar-refractivity contribution < 1.29 is 14.6 Å². The molecule has 1 amide bonds. The summed E-state index contributed by atoms with van der Waals surface area (Å²) in [5, 5.41) is 12.3. The molecule has 0 saturated heterocycles. The zero-order chi connectivity index (χ0) is 17.5. The number of rotatable bonds is 7. The molecule has 0 heterocycles. The Morgan fingerprint density at radius 1 is 1.33 bits per heavy atom. The van der Waals surface area contributed by atoms with Crippen molar-refractivity contribution >= 4 is 5.91 Å². The first-order chi connectivity index (χ1) is 11.5. The number of carbonyl (C=O) groups excluding carboxylic acids is 1. The Balaban J connectivity index is 1.77.